The number of nitrogens with one attached hydrogen (secondary N) is 1. The number of pyridine rings is 2. The molecule has 6 heteroatoms. The van der Waals surface area contributed by atoms with E-state index < -0.39 is 11.9 Å². The lowest BCUT2D eigenvalue weighted by atomic mass is 10.2. The van der Waals surface area contributed by atoms with Crippen molar-refractivity contribution in [2.45, 2.75) is 19.6 Å². The van der Waals surface area contributed by atoms with Gasteiger partial charge in [0.25, 0.3) is 0 Å². The van der Waals surface area contributed by atoms with Gasteiger partial charge in [0.2, 0.25) is 0 Å². The molecule has 0 atom stereocenters. The van der Waals surface area contributed by atoms with Crippen LogP contribution < -0.4 is 5.32 Å². The first kappa shape index (κ1) is 13.3. The molecule has 2 aromatic heterocycles. The van der Waals surface area contributed by atoms with Crippen molar-refractivity contribution in [3.8, 4) is 0 Å². The molecule has 0 bridgehead atoms. The SMILES string of the molecule is Cc1ccc(CNc2ccc(C(F)(F)F)nc2)cn1. The smallest absolute Gasteiger partial charge is 0.380 e. The summed E-state index contributed by atoms with van der Waals surface area (Å²) in [6, 6.07) is 6.10. The number of rotatable bonds is 3. The molecule has 2 heterocycles. The number of alkyl halides is 3. The molecule has 19 heavy (non-hydrogen) atoms. The van der Waals surface area contributed by atoms with Crippen molar-refractivity contribution in [1.29, 1.82) is 0 Å². The number of hydrogen-bond donors (Lipinski definition) is 1. The maximum absolute atomic E-state index is 12.3. The Bertz CT molecular complexity index is 533. The summed E-state index contributed by atoms with van der Waals surface area (Å²) in [7, 11) is 0. The number of aryl methyl sites for hydroxylation is 1. The predicted molar refractivity (Wildman–Crippen MR) is 65.5 cm³/mol. The van der Waals surface area contributed by atoms with Crippen molar-refractivity contribution in [2.75, 3.05) is 5.32 Å². The Morgan fingerprint density at radius 3 is 2.37 bits per heavy atom. The van der Waals surface area contributed by atoms with Crippen LogP contribution in [0.4, 0.5) is 18.9 Å². The lowest BCUT2D eigenvalue weighted by molar-refractivity contribution is -0.141. The number of anilines is 1. The summed E-state index contributed by atoms with van der Waals surface area (Å²) in [5, 5.41) is 2.99. The molecule has 0 saturated heterocycles. The van der Waals surface area contributed by atoms with Gasteiger partial charge in [-0.05, 0) is 30.7 Å². The highest BCUT2D eigenvalue weighted by molar-refractivity contribution is 5.41. The van der Waals surface area contributed by atoms with Crippen LogP contribution in [0.15, 0.2) is 36.7 Å². The van der Waals surface area contributed by atoms with Gasteiger partial charge in [-0.3, -0.25) is 4.98 Å². The number of halogens is 3. The molecule has 0 radical (unpaired) electrons. The van der Waals surface area contributed by atoms with Gasteiger partial charge in [0.15, 0.2) is 0 Å². The zero-order valence-corrected chi connectivity index (χ0v) is 10.2. The summed E-state index contributed by atoms with van der Waals surface area (Å²) in [5.41, 5.74) is 1.51. The van der Waals surface area contributed by atoms with E-state index in [4.69, 9.17) is 0 Å². The van der Waals surface area contributed by atoms with Crippen LogP contribution in [0.3, 0.4) is 0 Å². The fourth-order valence-corrected chi connectivity index (χ4v) is 1.47. The Labute approximate surface area is 108 Å². The van der Waals surface area contributed by atoms with Crippen LogP contribution in [0.25, 0.3) is 0 Å². The molecule has 2 aromatic rings. The summed E-state index contributed by atoms with van der Waals surface area (Å²) in [4.78, 5) is 7.51. The normalized spacial score (nSPS) is 11.4. The second-order valence-electron chi connectivity index (χ2n) is 4.09. The average Bonchev–Trinajstić information content (AvgIpc) is 2.37. The topological polar surface area (TPSA) is 37.8 Å². The third-order valence-corrected chi connectivity index (χ3v) is 2.52. The largest absolute Gasteiger partial charge is 0.433 e. The van der Waals surface area contributed by atoms with E-state index in [1.165, 1.54) is 12.3 Å². The van der Waals surface area contributed by atoms with Crippen LogP contribution in [0.5, 0.6) is 0 Å². The van der Waals surface area contributed by atoms with Crippen molar-refractivity contribution in [3.05, 3.63) is 53.6 Å². The van der Waals surface area contributed by atoms with Crippen molar-refractivity contribution in [1.82, 2.24) is 9.97 Å². The van der Waals surface area contributed by atoms with Crippen LogP contribution in [0, 0.1) is 6.92 Å². The van der Waals surface area contributed by atoms with Gasteiger partial charge in [-0.1, -0.05) is 6.07 Å². The first-order valence-electron chi connectivity index (χ1n) is 5.64. The number of hydrogen-bond acceptors (Lipinski definition) is 3. The van der Waals surface area contributed by atoms with Gasteiger partial charge in [-0.2, -0.15) is 13.2 Å². The van der Waals surface area contributed by atoms with E-state index in [2.05, 4.69) is 15.3 Å². The van der Waals surface area contributed by atoms with Gasteiger partial charge < -0.3 is 5.32 Å². The molecule has 0 spiro atoms. The number of aromatic nitrogens is 2. The average molecular weight is 267 g/mol. The predicted octanol–water partition coefficient (Wildman–Crippen LogP) is 3.42. The third kappa shape index (κ3) is 3.67. The highest BCUT2D eigenvalue weighted by Gasteiger charge is 2.31. The number of nitrogens with zero attached hydrogens (tertiary/aromatic N) is 2. The van der Waals surface area contributed by atoms with Gasteiger partial charge in [0.05, 0.1) is 11.9 Å². The molecule has 0 unspecified atom stereocenters. The van der Waals surface area contributed by atoms with Gasteiger partial charge in [0.1, 0.15) is 5.69 Å². The van der Waals surface area contributed by atoms with E-state index in [9.17, 15) is 13.2 Å². The second kappa shape index (κ2) is 5.26. The molecular weight excluding hydrogens is 255 g/mol. The molecule has 100 valence electrons. The van der Waals surface area contributed by atoms with E-state index in [0.29, 0.717) is 12.2 Å². The Kier molecular flexibility index (Phi) is 3.69. The minimum Gasteiger partial charge on any atom is -0.380 e. The van der Waals surface area contributed by atoms with Crippen LogP contribution >= 0.6 is 0 Å². The standard InChI is InChI=1S/C13H12F3N3/c1-9-2-3-10(6-17-9)7-18-11-4-5-12(19-8-11)13(14,15)16/h2-6,8,18H,7H2,1H3. The van der Waals surface area contributed by atoms with Gasteiger partial charge in [-0.15, -0.1) is 0 Å². The second-order valence-corrected chi connectivity index (χ2v) is 4.09. The fourth-order valence-electron chi connectivity index (χ4n) is 1.47. The maximum atomic E-state index is 12.3. The highest BCUT2D eigenvalue weighted by atomic mass is 19.4. The fraction of sp³-hybridized carbons (Fsp3) is 0.231. The summed E-state index contributed by atoms with van der Waals surface area (Å²) in [6.45, 7) is 2.37. The lowest BCUT2D eigenvalue weighted by Gasteiger charge is -2.08. The van der Waals surface area contributed by atoms with Crippen molar-refractivity contribution in [2.24, 2.45) is 0 Å². The van der Waals surface area contributed by atoms with Gasteiger partial charge in [0, 0.05) is 18.4 Å². The van der Waals surface area contributed by atoms with Gasteiger partial charge in [-0.25, -0.2) is 4.98 Å². The van der Waals surface area contributed by atoms with E-state index >= 15 is 0 Å². The molecule has 0 aliphatic carbocycles. The lowest BCUT2D eigenvalue weighted by Crippen LogP contribution is -2.08. The zero-order valence-electron chi connectivity index (χ0n) is 10.2. The first-order chi connectivity index (χ1) is 8.95. The molecule has 0 aliphatic rings. The monoisotopic (exact) mass is 267 g/mol. The molecule has 0 amide bonds. The molecule has 0 fully saturated rings. The summed E-state index contributed by atoms with van der Waals surface area (Å²) in [5.74, 6) is 0. The van der Waals surface area contributed by atoms with E-state index in [1.807, 2.05) is 19.1 Å². The Balaban J connectivity index is 1.98. The Morgan fingerprint density at radius 1 is 1.05 bits per heavy atom. The molecule has 0 saturated carbocycles. The van der Waals surface area contributed by atoms with Crippen LogP contribution in [0.2, 0.25) is 0 Å². The maximum Gasteiger partial charge on any atom is 0.433 e. The molecule has 0 aliphatic heterocycles. The quantitative estimate of drug-likeness (QED) is 0.926. The zero-order chi connectivity index (χ0) is 13.9. The molecule has 3 nitrogen and oxygen atoms in total. The van der Waals surface area contributed by atoms with Crippen molar-refractivity contribution < 1.29 is 13.2 Å². The van der Waals surface area contributed by atoms with Gasteiger partial charge >= 0.3 is 6.18 Å². The molecule has 0 aromatic carbocycles. The Morgan fingerprint density at radius 2 is 1.84 bits per heavy atom. The summed E-state index contributed by atoms with van der Waals surface area (Å²) < 4.78 is 37.0. The molecule has 1 N–H and O–H groups in total. The Hall–Kier alpha value is -2.11. The molecule has 2 rings (SSSR count). The third-order valence-electron chi connectivity index (χ3n) is 2.52. The van der Waals surface area contributed by atoms with E-state index in [1.54, 1.807) is 6.20 Å². The van der Waals surface area contributed by atoms with E-state index in [-0.39, 0.29) is 0 Å². The van der Waals surface area contributed by atoms with Crippen molar-refractivity contribution >= 4 is 5.69 Å². The van der Waals surface area contributed by atoms with Crippen LogP contribution in [-0.2, 0) is 12.7 Å². The first-order valence-corrected chi connectivity index (χ1v) is 5.64. The minimum atomic E-state index is -4.40. The van der Waals surface area contributed by atoms with E-state index in [0.717, 1.165) is 17.3 Å². The van der Waals surface area contributed by atoms with Crippen LogP contribution in [-0.4, -0.2) is 9.97 Å². The molecular formula is C13H12F3N3. The summed E-state index contributed by atoms with van der Waals surface area (Å²) >= 11 is 0. The minimum absolute atomic E-state index is 0.486. The van der Waals surface area contributed by atoms with Crippen molar-refractivity contribution in [3.63, 3.8) is 0 Å². The summed E-state index contributed by atoms with van der Waals surface area (Å²) in [6.07, 6.45) is -1.51. The van der Waals surface area contributed by atoms with Crippen LogP contribution in [0.1, 0.15) is 17.0 Å². The highest BCUT2D eigenvalue weighted by Crippen LogP contribution is 2.27.